The number of carbonyl (C=O) groups is 2. The Kier molecular flexibility index (Phi) is 7.24. The van der Waals surface area contributed by atoms with E-state index in [1.54, 1.807) is 44.4 Å². The van der Waals surface area contributed by atoms with Crippen LogP contribution in [0.25, 0.3) is 0 Å². The van der Waals surface area contributed by atoms with Gasteiger partial charge in [0.1, 0.15) is 11.0 Å². The Morgan fingerprint density at radius 2 is 1.94 bits per heavy atom. The fourth-order valence-corrected chi connectivity index (χ4v) is 3.64. The highest BCUT2D eigenvalue weighted by atomic mass is 32.2. The average Bonchev–Trinajstić information content (AvgIpc) is 2.77. The molecular formula is C21H21FN4O4S. The third kappa shape index (κ3) is 5.82. The summed E-state index contributed by atoms with van der Waals surface area (Å²) < 4.78 is 23.9. The molecule has 2 amide bonds. The maximum absolute atomic E-state index is 13.9. The molecule has 0 aliphatic carbocycles. The van der Waals surface area contributed by atoms with Gasteiger partial charge in [-0.05, 0) is 49.4 Å². The molecule has 1 atom stereocenters. The minimum absolute atomic E-state index is 0.0120. The van der Waals surface area contributed by atoms with Crippen molar-refractivity contribution in [1.29, 1.82) is 0 Å². The standard InChI is InChI=1S/C21H21FN4O4S/c1-12(13-4-9-17(30-3)16(22)10-13)25-26-21-24-19(27)11-18(31-21)20(28)23-14-5-7-15(29-2)8-6-14/h4-10,18H,11H2,1-3H3,(H,23,28)(H,24,26,27)/b25-12-/t18-/m0/s1. The van der Waals surface area contributed by atoms with Crippen molar-refractivity contribution >= 4 is 40.1 Å². The molecule has 2 aromatic carbocycles. The van der Waals surface area contributed by atoms with Gasteiger partial charge in [0.05, 0.1) is 19.9 Å². The molecule has 0 aromatic heterocycles. The van der Waals surface area contributed by atoms with Crippen molar-refractivity contribution in [3.05, 3.63) is 53.8 Å². The van der Waals surface area contributed by atoms with E-state index in [9.17, 15) is 14.0 Å². The van der Waals surface area contributed by atoms with E-state index in [0.717, 1.165) is 11.8 Å². The fraction of sp³-hybridized carbons (Fsp3) is 0.238. The van der Waals surface area contributed by atoms with Gasteiger partial charge >= 0.3 is 0 Å². The Balaban J connectivity index is 1.69. The first kappa shape index (κ1) is 22.3. The van der Waals surface area contributed by atoms with Crippen molar-refractivity contribution < 1.29 is 23.5 Å². The molecule has 8 nitrogen and oxygen atoms in total. The number of hydrogen-bond donors (Lipinski definition) is 2. The van der Waals surface area contributed by atoms with Crippen LogP contribution in [-0.4, -0.2) is 42.2 Å². The number of carbonyl (C=O) groups excluding carboxylic acids is 2. The molecule has 1 heterocycles. The van der Waals surface area contributed by atoms with Gasteiger partial charge in [0.15, 0.2) is 16.7 Å². The van der Waals surface area contributed by atoms with Crippen molar-refractivity contribution in [2.45, 2.75) is 18.6 Å². The second kappa shape index (κ2) is 10.1. The number of nitrogens with one attached hydrogen (secondary N) is 2. The van der Waals surface area contributed by atoms with Gasteiger partial charge in [-0.1, -0.05) is 11.8 Å². The monoisotopic (exact) mass is 444 g/mol. The Morgan fingerprint density at radius 3 is 2.58 bits per heavy atom. The summed E-state index contributed by atoms with van der Waals surface area (Å²) in [4.78, 5) is 24.6. The Hall–Kier alpha value is -3.40. The van der Waals surface area contributed by atoms with Gasteiger partial charge in [-0.25, -0.2) is 4.39 Å². The van der Waals surface area contributed by atoms with Crippen LogP contribution in [0.5, 0.6) is 11.5 Å². The number of methoxy groups -OCH3 is 2. The maximum Gasteiger partial charge on any atom is 0.238 e. The predicted octanol–water partition coefficient (Wildman–Crippen LogP) is 3.18. The summed E-state index contributed by atoms with van der Waals surface area (Å²) in [6.45, 7) is 1.66. The van der Waals surface area contributed by atoms with Gasteiger partial charge < -0.3 is 20.1 Å². The van der Waals surface area contributed by atoms with Crippen molar-refractivity contribution in [2.24, 2.45) is 10.2 Å². The van der Waals surface area contributed by atoms with E-state index in [4.69, 9.17) is 9.47 Å². The van der Waals surface area contributed by atoms with Crippen LogP contribution in [0, 0.1) is 5.82 Å². The molecule has 10 heteroatoms. The van der Waals surface area contributed by atoms with Gasteiger partial charge in [-0.15, -0.1) is 5.10 Å². The van der Waals surface area contributed by atoms with E-state index in [1.807, 2.05) is 0 Å². The van der Waals surface area contributed by atoms with E-state index >= 15 is 0 Å². The third-order valence-corrected chi connectivity index (χ3v) is 5.45. The molecule has 0 spiro atoms. The van der Waals surface area contributed by atoms with Crippen LogP contribution in [0.1, 0.15) is 18.9 Å². The lowest BCUT2D eigenvalue weighted by Gasteiger charge is -2.21. The first-order valence-electron chi connectivity index (χ1n) is 9.27. The number of hydrogen-bond acceptors (Lipinski definition) is 7. The minimum atomic E-state index is -0.663. The van der Waals surface area contributed by atoms with Crippen molar-refractivity contribution in [2.75, 3.05) is 19.5 Å². The zero-order valence-electron chi connectivity index (χ0n) is 17.1. The van der Waals surface area contributed by atoms with E-state index in [1.165, 1.54) is 19.2 Å². The molecule has 162 valence electrons. The highest BCUT2D eigenvalue weighted by Crippen LogP contribution is 2.24. The molecule has 0 saturated carbocycles. The fourth-order valence-electron chi connectivity index (χ4n) is 2.71. The first-order chi connectivity index (χ1) is 14.9. The topological polar surface area (TPSA) is 101 Å². The van der Waals surface area contributed by atoms with Crippen LogP contribution in [0.15, 0.2) is 52.7 Å². The number of anilines is 1. The largest absolute Gasteiger partial charge is 0.497 e. The SMILES string of the molecule is COc1ccc(NC(=O)[C@@H]2CC(=O)N/C(=N/N=C(/C)c3ccc(OC)c(F)c3)S2)cc1. The molecule has 0 unspecified atom stereocenters. The average molecular weight is 444 g/mol. The number of benzene rings is 2. The summed E-state index contributed by atoms with van der Waals surface area (Å²) in [5.74, 6) is -0.378. The van der Waals surface area contributed by atoms with Crippen LogP contribution in [0.2, 0.25) is 0 Å². The molecule has 2 N–H and O–H groups in total. The number of amides is 2. The number of amidine groups is 1. The molecule has 0 radical (unpaired) electrons. The molecule has 3 rings (SSSR count). The third-order valence-electron chi connectivity index (χ3n) is 4.38. The van der Waals surface area contributed by atoms with E-state index in [-0.39, 0.29) is 29.2 Å². The number of nitrogens with zero attached hydrogens (tertiary/aromatic N) is 2. The van der Waals surface area contributed by atoms with Gasteiger partial charge in [-0.3, -0.25) is 9.59 Å². The predicted molar refractivity (Wildman–Crippen MR) is 118 cm³/mol. The van der Waals surface area contributed by atoms with E-state index in [0.29, 0.717) is 22.7 Å². The molecule has 1 aliphatic heterocycles. The van der Waals surface area contributed by atoms with Crippen LogP contribution in [0.3, 0.4) is 0 Å². The number of rotatable bonds is 6. The lowest BCUT2D eigenvalue weighted by atomic mass is 10.1. The number of thioether (sulfide) groups is 1. The Labute approximate surface area is 182 Å². The summed E-state index contributed by atoms with van der Waals surface area (Å²) in [6.07, 6.45) is 0.0120. The first-order valence-corrected chi connectivity index (χ1v) is 10.1. The van der Waals surface area contributed by atoms with Gasteiger partial charge in [-0.2, -0.15) is 5.10 Å². The molecule has 1 fully saturated rings. The summed E-state index contributed by atoms with van der Waals surface area (Å²) >= 11 is 1.10. The normalized spacial score (nSPS) is 17.8. The van der Waals surface area contributed by atoms with E-state index in [2.05, 4.69) is 20.8 Å². The summed E-state index contributed by atoms with van der Waals surface area (Å²) in [5.41, 5.74) is 1.54. The van der Waals surface area contributed by atoms with Crippen LogP contribution < -0.4 is 20.1 Å². The summed E-state index contributed by atoms with van der Waals surface area (Å²) in [6, 6.07) is 11.3. The van der Waals surface area contributed by atoms with Crippen LogP contribution >= 0.6 is 11.8 Å². The zero-order valence-corrected chi connectivity index (χ0v) is 18.0. The van der Waals surface area contributed by atoms with Gasteiger partial charge in [0.2, 0.25) is 11.8 Å². The van der Waals surface area contributed by atoms with Crippen molar-refractivity contribution in [3.8, 4) is 11.5 Å². The molecule has 0 bridgehead atoms. The smallest absolute Gasteiger partial charge is 0.238 e. The van der Waals surface area contributed by atoms with Gasteiger partial charge in [0, 0.05) is 17.7 Å². The van der Waals surface area contributed by atoms with E-state index < -0.39 is 11.1 Å². The molecular weight excluding hydrogens is 423 g/mol. The van der Waals surface area contributed by atoms with Crippen molar-refractivity contribution in [3.63, 3.8) is 0 Å². The number of halogens is 1. The second-order valence-electron chi connectivity index (χ2n) is 6.52. The maximum atomic E-state index is 13.9. The minimum Gasteiger partial charge on any atom is -0.497 e. The molecule has 2 aromatic rings. The van der Waals surface area contributed by atoms with Gasteiger partial charge in [0.25, 0.3) is 0 Å². The highest BCUT2D eigenvalue weighted by molar-refractivity contribution is 8.15. The molecule has 1 aliphatic rings. The molecule has 31 heavy (non-hydrogen) atoms. The quantitative estimate of drug-likeness (QED) is 0.526. The van der Waals surface area contributed by atoms with Crippen LogP contribution in [-0.2, 0) is 9.59 Å². The summed E-state index contributed by atoms with van der Waals surface area (Å²) in [7, 11) is 2.94. The zero-order chi connectivity index (χ0) is 22.4. The summed E-state index contributed by atoms with van der Waals surface area (Å²) in [5, 5.41) is 13.0. The van der Waals surface area contributed by atoms with Crippen molar-refractivity contribution in [1.82, 2.24) is 5.32 Å². The molecule has 1 saturated heterocycles. The highest BCUT2D eigenvalue weighted by Gasteiger charge is 2.30. The second-order valence-corrected chi connectivity index (χ2v) is 7.71. The Bertz CT molecular complexity index is 1040. The Morgan fingerprint density at radius 1 is 1.19 bits per heavy atom. The lowest BCUT2D eigenvalue weighted by molar-refractivity contribution is -0.123. The lowest BCUT2D eigenvalue weighted by Crippen LogP contribution is -2.41. The van der Waals surface area contributed by atoms with Crippen LogP contribution in [0.4, 0.5) is 10.1 Å². The number of ether oxygens (including phenoxy) is 2.